The molecular weight excluding hydrogens is 463 g/mol. The topological polar surface area (TPSA) is 12.9 Å². The van der Waals surface area contributed by atoms with E-state index >= 15 is 0 Å². The molecule has 22 heavy (non-hydrogen) atoms. The van der Waals surface area contributed by atoms with Crippen LogP contribution in [0.2, 0.25) is 19.6 Å². The smallest absolute Gasteiger partial charge is 0.0798 e. The molecule has 0 N–H and O–H groups in total. The number of benzene rings is 1. The van der Waals surface area contributed by atoms with Crippen molar-refractivity contribution in [3.8, 4) is 11.3 Å². The molecular formula is C19H26IrNSi-. The van der Waals surface area contributed by atoms with Crippen molar-refractivity contribution in [3.05, 3.63) is 47.7 Å². The summed E-state index contributed by atoms with van der Waals surface area (Å²) in [5, 5.41) is 1.49. The number of nitrogens with zero attached hydrogens (tertiary/aromatic N) is 1. The summed E-state index contributed by atoms with van der Waals surface area (Å²) in [4.78, 5) is 4.72. The summed E-state index contributed by atoms with van der Waals surface area (Å²) >= 11 is 0. The van der Waals surface area contributed by atoms with E-state index in [0.717, 1.165) is 17.7 Å². The predicted molar refractivity (Wildman–Crippen MR) is 94.8 cm³/mol. The molecule has 0 spiro atoms. The van der Waals surface area contributed by atoms with E-state index in [1.54, 1.807) is 0 Å². The van der Waals surface area contributed by atoms with Crippen LogP contribution in [0, 0.1) is 18.9 Å². The molecule has 0 amide bonds. The summed E-state index contributed by atoms with van der Waals surface area (Å²) in [5.74, 6) is 0.664. The Kier molecular flexibility index (Phi) is 6.73. The van der Waals surface area contributed by atoms with Crippen LogP contribution < -0.4 is 5.19 Å². The van der Waals surface area contributed by atoms with Gasteiger partial charge in [-0.15, -0.1) is 35.4 Å². The van der Waals surface area contributed by atoms with Crippen molar-refractivity contribution >= 4 is 13.3 Å². The van der Waals surface area contributed by atoms with Gasteiger partial charge in [0.25, 0.3) is 0 Å². The average molecular weight is 489 g/mol. The van der Waals surface area contributed by atoms with E-state index in [9.17, 15) is 0 Å². The molecule has 3 heteroatoms. The molecule has 2 rings (SSSR count). The molecule has 2 aromatic rings. The third-order valence-corrected chi connectivity index (χ3v) is 5.74. The molecule has 0 aliphatic rings. The summed E-state index contributed by atoms with van der Waals surface area (Å²) in [6.45, 7) is 13.8. The minimum Gasteiger partial charge on any atom is -0.305 e. The molecule has 0 bridgehead atoms. The summed E-state index contributed by atoms with van der Waals surface area (Å²) < 4.78 is 0. The second kappa shape index (κ2) is 7.67. The minimum absolute atomic E-state index is 0. The van der Waals surface area contributed by atoms with Crippen LogP contribution in [0.25, 0.3) is 11.3 Å². The zero-order valence-corrected chi connectivity index (χ0v) is 17.8. The first-order valence-electron chi connectivity index (χ1n) is 7.75. The van der Waals surface area contributed by atoms with E-state index < -0.39 is 8.07 Å². The van der Waals surface area contributed by atoms with Gasteiger partial charge in [0, 0.05) is 26.3 Å². The van der Waals surface area contributed by atoms with Crippen molar-refractivity contribution < 1.29 is 20.1 Å². The summed E-state index contributed by atoms with van der Waals surface area (Å²) in [7, 11) is -1.35. The second-order valence-corrected chi connectivity index (χ2v) is 12.4. The maximum Gasteiger partial charge on any atom is 0.0798 e. The van der Waals surface area contributed by atoms with E-state index in [-0.39, 0.29) is 20.1 Å². The fraction of sp³-hybridized carbons (Fsp3) is 0.421. The number of hydrogen-bond acceptors (Lipinski definition) is 1. The largest absolute Gasteiger partial charge is 0.305 e. The van der Waals surface area contributed by atoms with E-state index in [1.807, 2.05) is 6.07 Å². The fourth-order valence-corrected chi connectivity index (χ4v) is 4.18. The van der Waals surface area contributed by atoms with Crippen molar-refractivity contribution in [2.45, 2.75) is 46.8 Å². The van der Waals surface area contributed by atoms with Crippen LogP contribution in [-0.2, 0) is 26.5 Å². The number of pyridine rings is 1. The van der Waals surface area contributed by atoms with E-state index in [0.29, 0.717) is 5.92 Å². The predicted octanol–water partition coefficient (Wildman–Crippen LogP) is 4.60. The summed E-state index contributed by atoms with van der Waals surface area (Å²) in [5.41, 5.74) is 4.85. The zero-order chi connectivity index (χ0) is 15.6. The third kappa shape index (κ3) is 4.87. The van der Waals surface area contributed by atoms with Crippen LogP contribution in [0.15, 0.2) is 30.5 Å². The van der Waals surface area contributed by atoms with Crippen molar-refractivity contribution in [1.82, 2.24) is 4.98 Å². The van der Waals surface area contributed by atoms with Gasteiger partial charge in [-0.1, -0.05) is 52.0 Å². The van der Waals surface area contributed by atoms with E-state index in [4.69, 9.17) is 4.98 Å². The maximum atomic E-state index is 4.72. The molecule has 121 valence electrons. The van der Waals surface area contributed by atoms with Gasteiger partial charge in [0.2, 0.25) is 0 Å². The molecule has 0 aliphatic carbocycles. The van der Waals surface area contributed by atoms with Gasteiger partial charge in [0.05, 0.1) is 8.07 Å². The Bertz CT molecular complexity index is 612. The van der Waals surface area contributed by atoms with Gasteiger partial charge in [-0.05, 0) is 23.2 Å². The van der Waals surface area contributed by atoms with Crippen molar-refractivity contribution in [3.63, 3.8) is 0 Å². The first kappa shape index (κ1) is 19.3. The SMILES string of the molecule is Cc1c[c-]c(-c2cc(CC(C)C)c([Si](C)(C)C)cn2)cc1.[Ir]. The number of aryl methyl sites for hydroxylation is 1. The Labute approximate surface area is 149 Å². The molecule has 0 saturated carbocycles. The fourth-order valence-electron chi connectivity index (χ4n) is 2.59. The van der Waals surface area contributed by atoms with Crippen LogP contribution in [0.5, 0.6) is 0 Å². The summed E-state index contributed by atoms with van der Waals surface area (Å²) in [6.07, 6.45) is 3.24. The Morgan fingerprint density at radius 2 is 1.86 bits per heavy atom. The van der Waals surface area contributed by atoms with Crippen molar-refractivity contribution in [1.29, 1.82) is 0 Å². The first-order chi connectivity index (χ1) is 9.77. The van der Waals surface area contributed by atoms with E-state index in [1.165, 1.54) is 16.3 Å². The molecule has 0 saturated heterocycles. The quantitative estimate of drug-likeness (QED) is 0.453. The normalized spacial score (nSPS) is 11.4. The Hall–Kier alpha value is -0.764. The van der Waals surface area contributed by atoms with Gasteiger partial charge < -0.3 is 4.98 Å². The first-order valence-corrected chi connectivity index (χ1v) is 11.3. The summed E-state index contributed by atoms with van der Waals surface area (Å²) in [6, 6.07) is 11.9. The standard InChI is InChI=1S/C19H26NSi.Ir/c1-14(2)11-17-12-18(16-9-7-15(3)8-10-16)20-13-19(17)21(4,5)6;/h7-9,12-14H,11H2,1-6H3;/q-1;. The minimum atomic E-state index is -1.35. The van der Waals surface area contributed by atoms with Gasteiger partial charge >= 0.3 is 0 Å². The molecule has 1 radical (unpaired) electrons. The maximum absolute atomic E-state index is 4.72. The second-order valence-electron chi connectivity index (χ2n) is 7.35. The molecule has 1 aromatic carbocycles. The van der Waals surface area contributed by atoms with Crippen LogP contribution in [0.3, 0.4) is 0 Å². The van der Waals surface area contributed by atoms with Crippen molar-refractivity contribution in [2.75, 3.05) is 0 Å². The van der Waals surface area contributed by atoms with Gasteiger partial charge in [0.1, 0.15) is 0 Å². The van der Waals surface area contributed by atoms with Crippen LogP contribution in [0.1, 0.15) is 25.0 Å². The van der Waals surface area contributed by atoms with Crippen molar-refractivity contribution in [2.24, 2.45) is 5.92 Å². The monoisotopic (exact) mass is 489 g/mol. The van der Waals surface area contributed by atoms with E-state index in [2.05, 4.69) is 70.9 Å². The molecule has 1 aromatic heterocycles. The van der Waals surface area contributed by atoms with Crippen LogP contribution in [-0.4, -0.2) is 13.1 Å². The van der Waals surface area contributed by atoms with Crippen LogP contribution in [0.4, 0.5) is 0 Å². The molecule has 0 atom stereocenters. The number of aromatic nitrogens is 1. The molecule has 0 unspecified atom stereocenters. The zero-order valence-electron chi connectivity index (χ0n) is 14.5. The van der Waals surface area contributed by atoms with Crippen LogP contribution >= 0.6 is 0 Å². The Morgan fingerprint density at radius 3 is 2.36 bits per heavy atom. The number of hydrogen-bond donors (Lipinski definition) is 0. The molecule has 1 heterocycles. The van der Waals surface area contributed by atoms with Gasteiger partial charge in [-0.3, -0.25) is 0 Å². The Balaban J connectivity index is 0.00000242. The van der Waals surface area contributed by atoms with Gasteiger partial charge in [0.15, 0.2) is 0 Å². The van der Waals surface area contributed by atoms with Gasteiger partial charge in [-0.25, -0.2) is 0 Å². The van der Waals surface area contributed by atoms with Gasteiger partial charge in [-0.2, -0.15) is 0 Å². The number of rotatable bonds is 4. The third-order valence-electron chi connectivity index (χ3n) is 3.67. The molecule has 0 fully saturated rings. The average Bonchev–Trinajstić information content (AvgIpc) is 2.37. The Morgan fingerprint density at radius 1 is 1.18 bits per heavy atom. The molecule has 0 aliphatic heterocycles. The molecule has 1 nitrogen and oxygen atoms in total.